The van der Waals surface area contributed by atoms with Crippen molar-refractivity contribution in [3.05, 3.63) is 199 Å². The van der Waals surface area contributed by atoms with Crippen LogP contribution in [-0.2, 0) is 5.41 Å². The zero-order valence-corrected chi connectivity index (χ0v) is 31.6. The summed E-state index contributed by atoms with van der Waals surface area (Å²) in [7, 11) is 0. The quantitative estimate of drug-likeness (QED) is 0.171. The molecule has 0 atom stereocenters. The number of anilines is 3. The zero-order chi connectivity index (χ0) is 36.7. The van der Waals surface area contributed by atoms with Gasteiger partial charge in [0.15, 0.2) is 0 Å². The van der Waals surface area contributed by atoms with Crippen LogP contribution in [0.1, 0.15) is 25.0 Å². The SMILES string of the molecule is CC1(C)c2ccccc2-c2ccc(N(c3ccc4c(c3)sc3ccc5ccccc5c34)c3ccccc3-c3cccc4cccc(-c5ccccc5)c34)cc21. The van der Waals surface area contributed by atoms with E-state index in [0.29, 0.717) is 0 Å². The minimum absolute atomic E-state index is 0.121. The summed E-state index contributed by atoms with van der Waals surface area (Å²) in [4.78, 5) is 2.50. The summed E-state index contributed by atoms with van der Waals surface area (Å²) in [5, 5.41) is 7.74. The third kappa shape index (κ3) is 4.92. The maximum absolute atomic E-state index is 2.50. The first-order chi connectivity index (χ1) is 27.0. The van der Waals surface area contributed by atoms with Crippen LogP contribution < -0.4 is 4.90 Å². The largest absolute Gasteiger partial charge is 0.310 e. The van der Waals surface area contributed by atoms with Crippen molar-refractivity contribution in [2.45, 2.75) is 19.3 Å². The summed E-state index contributed by atoms with van der Waals surface area (Å²) in [6, 6.07) is 69.7. The molecule has 1 aliphatic rings. The lowest BCUT2D eigenvalue weighted by Crippen LogP contribution is -2.16. The van der Waals surface area contributed by atoms with Crippen LogP contribution in [0, 0.1) is 0 Å². The van der Waals surface area contributed by atoms with Crippen LogP contribution in [0.5, 0.6) is 0 Å². The Kier molecular flexibility index (Phi) is 7.14. The predicted octanol–water partition coefficient (Wildman–Crippen LogP) is 15.5. The maximum atomic E-state index is 2.50. The molecule has 1 aliphatic carbocycles. The lowest BCUT2D eigenvalue weighted by molar-refractivity contribution is 0.660. The number of fused-ring (bicyclic) bond motifs is 9. The Morgan fingerprint density at radius 3 is 1.93 bits per heavy atom. The van der Waals surface area contributed by atoms with Crippen molar-refractivity contribution in [3.8, 4) is 33.4 Å². The van der Waals surface area contributed by atoms with Gasteiger partial charge in [-0.05, 0) is 96.9 Å². The molecule has 0 spiro atoms. The Morgan fingerprint density at radius 1 is 0.400 bits per heavy atom. The molecule has 0 fully saturated rings. The molecule has 0 radical (unpaired) electrons. The van der Waals surface area contributed by atoms with Crippen LogP contribution >= 0.6 is 11.3 Å². The topological polar surface area (TPSA) is 3.24 Å². The molecule has 0 N–H and O–H groups in total. The fourth-order valence-electron chi connectivity index (χ4n) is 9.25. The smallest absolute Gasteiger partial charge is 0.0540 e. The minimum atomic E-state index is -0.121. The highest BCUT2D eigenvalue weighted by Crippen LogP contribution is 2.52. The third-order valence-corrected chi connectivity index (χ3v) is 13.0. The van der Waals surface area contributed by atoms with Gasteiger partial charge < -0.3 is 4.90 Å². The van der Waals surface area contributed by atoms with E-state index in [0.717, 1.165) is 17.1 Å². The molecular formula is C53H37NS. The highest BCUT2D eigenvalue weighted by atomic mass is 32.1. The number of rotatable bonds is 5. The second-order valence-electron chi connectivity index (χ2n) is 15.3. The van der Waals surface area contributed by atoms with Crippen molar-refractivity contribution in [2.24, 2.45) is 0 Å². The molecule has 0 bridgehead atoms. The van der Waals surface area contributed by atoms with Crippen molar-refractivity contribution >= 4 is 70.1 Å². The predicted molar refractivity (Wildman–Crippen MR) is 237 cm³/mol. The minimum Gasteiger partial charge on any atom is -0.310 e. The number of thiophene rings is 1. The van der Waals surface area contributed by atoms with Gasteiger partial charge in [-0.15, -0.1) is 11.3 Å². The molecule has 1 heterocycles. The number of benzene rings is 9. The van der Waals surface area contributed by atoms with Gasteiger partial charge in [0, 0.05) is 42.5 Å². The summed E-state index contributed by atoms with van der Waals surface area (Å²) in [6.07, 6.45) is 0. The molecule has 0 saturated carbocycles. The molecule has 0 aliphatic heterocycles. The molecule has 260 valence electrons. The van der Waals surface area contributed by atoms with Gasteiger partial charge in [0.2, 0.25) is 0 Å². The molecule has 9 aromatic carbocycles. The molecule has 55 heavy (non-hydrogen) atoms. The van der Waals surface area contributed by atoms with E-state index in [1.54, 1.807) is 0 Å². The average molecular weight is 720 g/mol. The summed E-state index contributed by atoms with van der Waals surface area (Å²) in [6.45, 7) is 4.74. The zero-order valence-electron chi connectivity index (χ0n) is 30.8. The molecule has 2 heteroatoms. The Balaban J connectivity index is 1.17. The first-order valence-corrected chi connectivity index (χ1v) is 19.9. The van der Waals surface area contributed by atoms with Gasteiger partial charge in [0.1, 0.15) is 0 Å². The van der Waals surface area contributed by atoms with E-state index in [9.17, 15) is 0 Å². The van der Waals surface area contributed by atoms with Gasteiger partial charge in [-0.25, -0.2) is 0 Å². The fraction of sp³-hybridized carbons (Fsp3) is 0.0566. The van der Waals surface area contributed by atoms with Gasteiger partial charge in [-0.1, -0.05) is 166 Å². The highest BCUT2D eigenvalue weighted by molar-refractivity contribution is 7.26. The number of hydrogen-bond acceptors (Lipinski definition) is 2. The Labute approximate surface area is 325 Å². The second kappa shape index (κ2) is 12.3. The molecule has 1 nitrogen and oxygen atoms in total. The Bertz CT molecular complexity index is 3130. The van der Waals surface area contributed by atoms with E-state index in [1.165, 1.54) is 86.2 Å². The first-order valence-electron chi connectivity index (χ1n) is 19.1. The molecule has 0 amide bonds. The van der Waals surface area contributed by atoms with E-state index in [-0.39, 0.29) is 5.41 Å². The summed E-state index contributed by atoms with van der Waals surface area (Å²) < 4.78 is 2.61. The maximum Gasteiger partial charge on any atom is 0.0540 e. The van der Waals surface area contributed by atoms with Crippen molar-refractivity contribution < 1.29 is 0 Å². The van der Waals surface area contributed by atoms with Crippen LogP contribution in [-0.4, -0.2) is 0 Å². The van der Waals surface area contributed by atoms with E-state index in [2.05, 4.69) is 207 Å². The molecule has 0 unspecified atom stereocenters. The monoisotopic (exact) mass is 719 g/mol. The van der Waals surface area contributed by atoms with Crippen molar-refractivity contribution in [1.82, 2.24) is 0 Å². The Hall–Kier alpha value is -6.48. The van der Waals surface area contributed by atoms with Crippen LogP contribution in [0.4, 0.5) is 17.1 Å². The van der Waals surface area contributed by atoms with E-state index in [4.69, 9.17) is 0 Å². The molecule has 11 rings (SSSR count). The number of para-hydroxylation sites is 1. The number of hydrogen-bond donors (Lipinski definition) is 0. The third-order valence-electron chi connectivity index (χ3n) is 11.9. The van der Waals surface area contributed by atoms with Crippen LogP contribution in [0.3, 0.4) is 0 Å². The van der Waals surface area contributed by atoms with Gasteiger partial charge in [0.25, 0.3) is 0 Å². The van der Waals surface area contributed by atoms with Gasteiger partial charge in [0.05, 0.1) is 5.69 Å². The second-order valence-corrected chi connectivity index (χ2v) is 16.4. The summed E-state index contributed by atoms with van der Waals surface area (Å²) >= 11 is 1.89. The van der Waals surface area contributed by atoms with Crippen molar-refractivity contribution in [3.63, 3.8) is 0 Å². The van der Waals surface area contributed by atoms with Crippen LogP contribution in [0.25, 0.3) is 75.1 Å². The Morgan fingerprint density at radius 2 is 1.05 bits per heavy atom. The molecular weight excluding hydrogens is 683 g/mol. The van der Waals surface area contributed by atoms with Crippen LogP contribution in [0.15, 0.2) is 188 Å². The summed E-state index contributed by atoms with van der Waals surface area (Å²) in [5.41, 5.74) is 13.6. The van der Waals surface area contributed by atoms with Gasteiger partial charge >= 0.3 is 0 Å². The highest BCUT2D eigenvalue weighted by Gasteiger charge is 2.36. The molecule has 0 saturated heterocycles. The normalized spacial score (nSPS) is 13.1. The lowest BCUT2D eigenvalue weighted by Gasteiger charge is -2.30. The molecule has 1 aromatic heterocycles. The summed E-state index contributed by atoms with van der Waals surface area (Å²) in [5.74, 6) is 0. The fourth-order valence-corrected chi connectivity index (χ4v) is 10.4. The van der Waals surface area contributed by atoms with Gasteiger partial charge in [-0.3, -0.25) is 0 Å². The average Bonchev–Trinajstić information content (AvgIpc) is 3.72. The van der Waals surface area contributed by atoms with Crippen LogP contribution in [0.2, 0.25) is 0 Å². The molecule has 10 aromatic rings. The van der Waals surface area contributed by atoms with Crippen molar-refractivity contribution in [2.75, 3.05) is 4.90 Å². The van der Waals surface area contributed by atoms with E-state index in [1.807, 2.05) is 11.3 Å². The first kappa shape index (κ1) is 32.0. The lowest BCUT2D eigenvalue weighted by atomic mass is 9.82. The van der Waals surface area contributed by atoms with E-state index < -0.39 is 0 Å². The van der Waals surface area contributed by atoms with Gasteiger partial charge in [-0.2, -0.15) is 0 Å². The standard InChI is InChI=1S/C53H37NS/c1-53(2)46-24-10-8-20-41(46)42-29-27-37(32-47(42)53)54(38-28-30-45-50(33-38)55-49-31-26-35-16-6-7-19-40(35)52(45)49)48-25-11-9-21-43(48)44-23-13-18-36-17-12-22-39(51(36)44)34-14-4-3-5-15-34/h3-33H,1-2H3. The van der Waals surface area contributed by atoms with Crippen molar-refractivity contribution in [1.29, 1.82) is 0 Å². The van der Waals surface area contributed by atoms with E-state index >= 15 is 0 Å². The number of nitrogens with zero attached hydrogens (tertiary/aromatic N) is 1.